The lowest BCUT2D eigenvalue weighted by atomic mass is 9.95. The van der Waals surface area contributed by atoms with Gasteiger partial charge < -0.3 is 14.3 Å². The van der Waals surface area contributed by atoms with Crippen molar-refractivity contribution in [2.75, 3.05) is 13.2 Å². The van der Waals surface area contributed by atoms with Crippen LogP contribution in [0.15, 0.2) is 0 Å². The maximum Gasteiger partial charge on any atom is 0.160 e. The molecule has 0 saturated carbocycles. The second kappa shape index (κ2) is 5.35. The molecule has 0 bridgehead atoms. The highest BCUT2D eigenvalue weighted by Crippen LogP contribution is 2.24. The van der Waals surface area contributed by atoms with E-state index in [1.54, 1.807) is 6.92 Å². The summed E-state index contributed by atoms with van der Waals surface area (Å²) < 4.78 is 10.9. The predicted molar refractivity (Wildman–Crippen MR) is 49.4 cm³/mol. The second-order valence-electron chi connectivity index (χ2n) is 3.50. The number of hydrogen-bond donors (Lipinski definition) is 0. The summed E-state index contributed by atoms with van der Waals surface area (Å²) in [6.07, 6.45) is 2.53. The highest BCUT2D eigenvalue weighted by atomic mass is 16.7. The highest BCUT2D eigenvalue weighted by molar-refractivity contribution is 5.75. The molecule has 1 heterocycles. The summed E-state index contributed by atoms with van der Waals surface area (Å²) in [6, 6.07) is 0. The van der Waals surface area contributed by atoms with Gasteiger partial charge in [0.2, 0.25) is 0 Å². The van der Waals surface area contributed by atoms with Gasteiger partial charge in [-0.2, -0.15) is 0 Å². The molecule has 13 heavy (non-hydrogen) atoms. The van der Waals surface area contributed by atoms with Crippen LogP contribution in [0, 0.1) is 5.92 Å². The Morgan fingerprint density at radius 2 is 2.38 bits per heavy atom. The molecule has 2 atom stereocenters. The fourth-order valence-corrected chi connectivity index (χ4v) is 1.73. The summed E-state index contributed by atoms with van der Waals surface area (Å²) in [4.78, 5) is 11.0. The minimum atomic E-state index is -0.150. The van der Waals surface area contributed by atoms with Crippen molar-refractivity contribution in [1.29, 1.82) is 0 Å². The third kappa shape index (κ3) is 3.44. The van der Waals surface area contributed by atoms with Gasteiger partial charge in [-0.1, -0.05) is 0 Å². The third-order valence-electron chi connectivity index (χ3n) is 2.27. The molecule has 0 aliphatic carbocycles. The molecule has 0 spiro atoms. The van der Waals surface area contributed by atoms with Crippen molar-refractivity contribution in [2.45, 2.75) is 39.4 Å². The summed E-state index contributed by atoms with van der Waals surface area (Å²) >= 11 is 0. The Balaban J connectivity index is 2.41. The largest absolute Gasteiger partial charge is 0.353 e. The number of carbonyl (C=O) groups is 1. The Morgan fingerprint density at radius 1 is 1.62 bits per heavy atom. The standard InChI is InChI=1S/C10H18O3/c1-3-12-10-9(7-8(2)11)5-4-6-13-10/h9-10H,3-7H2,1-2H3. The molecule has 0 N–H and O–H groups in total. The molecule has 1 fully saturated rings. The Kier molecular flexibility index (Phi) is 4.39. The lowest BCUT2D eigenvalue weighted by molar-refractivity contribution is -0.192. The van der Waals surface area contributed by atoms with Gasteiger partial charge in [0.05, 0.1) is 0 Å². The SMILES string of the molecule is CCOC1OCCCC1CC(C)=O. The predicted octanol–water partition coefficient (Wildman–Crippen LogP) is 1.75. The summed E-state index contributed by atoms with van der Waals surface area (Å²) in [5, 5.41) is 0. The van der Waals surface area contributed by atoms with Gasteiger partial charge in [-0.3, -0.25) is 0 Å². The molecule has 0 aromatic rings. The maximum atomic E-state index is 11.0. The van der Waals surface area contributed by atoms with E-state index in [9.17, 15) is 4.79 Å². The van der Waals surface area contributed by atoms with E-state index in [4.69, 9.17) is 9.47 Å². The van der Waals surface area contributed by atoms with Gasteiger partial charge in [0, 0.05) is 25.6 Å². The van der Waals surface area contributed by atoms with Gasteiger partial charge in [-0.05, 0) is 26.7 Å². The van der Waals surface area contributed by atoms with Crippen LogP contribution in [-0.4, -0.2) is 25.3 Å². The van der Waals surface area contributed by atoms with Crippen molar-refractivity contribution in [3.05, 3.63) is 0 Å². The molecule has 0 amide bonds. The number of rotatable bonds is 4. The molecule has 76 valence electrons. The third-order valence-corrected chi connectivity index (χ3v) is 2.27. The molecule has 1 aliphatic heterocycles. The first-order chi connectivity index (χ1) is 6.24. The molecule has 2 unspecified atom stereocenters. The van der Waals surface area contributed by atoms with Crippen molar-refractivity contribution in [3.8, 4) is 0 Å². The average Bonchev–Trinajstić information content (AvgIpc) is 2.08. The van der Waals surface area contributed by atoms with Crippen LogP contribution in [0.5, 0.6) is 0 Å². The van der Waals surface area contributed by atoms with Crippen molar-refractivity contribution >= 4 is 5.78 Å². The average molecular weight is 186 g/mol. The van der Waals surface area contributed by atoms with E-state index in [1.165, 1.54) is 0 Å². The second-order valence-corrected chi connectivity index (χ2v) is 3.50. The maximum absolute atomic E-state index is 11.0. The van der Waals surface area contributed by atoms with E-state index in [0.29, 0.717) is 13.0 Å². The molecule has 3 nitrogen and oxygen atoms in total. The molecule has 0 radical (unpaired) electrons. The van der Waals surface area contributed by atoms with Crippen LogP contribution < -0.4 is 0 Å². The monoisotopic (exact) mass is 186 g/mol. The molecule has 1 aliphatic rings. The summed E-state index contributed by atoms with van der Waals surface area (Å²) in [5.41, 5.74) is 0. The smallest absolute Gasteiger partial charge is 0.160 e. The van der Waals surface area contributed by atoms with Crippen molar-refractivity contribution < 1.29 is 14.3 Å². The van der Waals surface area contributed by atoms with E-state index in [0.717, 1.165) is 19.4 Å². The summed E-state index contributed by atoms with van der Waals surface area (Å²) in [6.45, 7) is 4.98. The zero-order chi connectivity index (χ0) is 9.68. The molecule has 0 aromatic heterocycles. The van der Waals surface area contributed by atoms with Crippen LogP contribution in [-0.2, 0) is 14.3 Å². The number of Topliss-reactive ketones (excluding diaryl/α,β-unsaturated/α-hetero) is 1. The van der Waals surface area contributed by atoms with E-state index in [-0.39, 0.29) is 18.0 Å². The van der Waals surface area contributed by atoms with Crippen LogP contribution in [0.3, 0.4) is 0 Å². The van der Waals surface area contributed by atoms with Crippen molar-refractivity contribution in [2.24, 2.45) is 5.92 Å². The molecular weight excluding hydrogens is 168 g/mol. The zero-order valence-corrected chi connectivity index (χ0v) is 8.41. The van der Waals surface area contributed by atoms with Gasteiger partial charge in [-0.25, -0.2) is 0 Å². The Labute approximate surface area is 79.4 Å². The molecule has 1 rings (SSSR count). The number of ether oxygens (including phenoxy) is 2. The zero-order valence-electron chi connectivity index (χ0n) is 8.41. The van der Waals surface area contributed by atoms with Crippen LogP contribution in [0.4, 0.5) is 0 Å². The van der Waals surface area contributed by atoms with Gasteiger partial charge in [-0.15, -0.1) is 0 Å². The molecule has 0 aromatic carbocycles. The number of ketones is 1. The van der Waals surface area contributed by atoms with Crippen LogP contribution in [0.2, 0.25) is 0 Å². The van der Waals surface area contributed by atoms with E-state index < -0.39 is 0 Å². The quantitative estimate of drug-likeness (QED) is 0.671. The molecular formula is C10H18O3. The number of hydrogen-bond acceptors (Lipinski definition) is 3. The molecule has 1 saturated heterocycles. The van der Waals surface area contributed by atoms with Gasteiger partial charge in [0.25, 0.3) is 0 Å². The van der Waals surface area contributed by atoms with E-state index in [1.807, 2.05) is 6.92 Å². The molecule has 3 heteroatoms. The first-order valence-corrected chi connectivity index (χ1v) is 4.96. The van der Waals surface area contributed by atoms with Crippen LogP contribution in [0.1, 0.15) is 33.1 Å². The fraction of sp³-hybridized carbons (Fsp3) is 0.900. The van der Waals surface area contributed by atoms with E-state index >= 15 is 0 Å². The van der Waals surface area contributed by atoms with Crippen molar-refractivity contribution in [3.63, 3.8) is 0 Å². The van der Waals surface area contributed by atoms with Gasteiger partial charge in [0.15, 0.2) is 6.29 Å². The lowest BCUT2D eigenvalue weighted by Crippen LogP contribution is -2.33. The normalized spacial score (nSPS) is 28.8. The minimum Gasteiger partial charge on any atom is -0.353 e. The summed E-state index contributed by atoms with van der Waals surface area (Å²) in [5.74, 6) is 0.492. The Hall–Kier alpha value is -0.410. The van der Waals surface area contributed by atoms with Gasteiger partial charge in [0.1, 0.15) is 5.78 Å². The Morgan fingerprint density at radius 3 is 3.00 bits per heavy atom. The summed E-state index contributed by atoms with van der Waals surface area (Å²) in [7, 11) is 0. The van der Waals surface area contributed by atoms with E-state index in [2.05, 4.69) is 0 Å². The lowest BCUT2D eigenvalue weighted by Gasteiger charge is -2.30. The first-order valence-electron chi connectivity index (χ1n) is 4.96. The number of carbonyl (C=O) groups excluding carboxylic acids is 1. The van der Waals surface area contributed by atoms with Crippen LogP contribution in [0.25, 0.3) is 0 Å². The van der Waals surface area contributed by atoms with Gasteiger partial charge >= 0.3 is 0 Å². The topological polar surface area (TPSA) is 35.5 Å². The first kappa shape index (κ1) is 10.7. The fourth-order valence-electron chi connectivity index (χ4n) is 1.73. The highest BCUT2D eigenvalue weighted by Gasteiger charge is 2.27. The van der Waals surface area contributed by atoms with Crippen molar-refractivity contribution in [1.82, 2.24) is 0 Å². The van der Waals surface area contributed by atoms with Crippen LogP contribution >= 0.6 is 0 Å². The minimum absolute atomic E-state index is 0.150. The Bertz CT molecular complexity index is 166.